The molecule has 2 aromatic rings. The molecule has 0 aliphatic rings. The molecule has 5 heteroatoms. The summed E-state index contributed by atoms with van der Waals surface area (Å²) in [5.41, 5.74) is 1.96. The fourth-order valence-electron chi connectivity index (χ4n) is 1.63. The first kappa shape index (κ1) is 11.9. The van der Waals surface area contributed by atoms with Gasteiger partial charge in [0, 0.05) is 18.4 Å². The fraction of sp³-hybridized carbons (Fsp3) is 0.333. The SMILES string of the molecule is CC(C)n1cncc1CNc1cnccc1Cl. The molecule has 2 heterocycles. The molecule has 0 aliphatic heterocycles. The van der Waals surface area contributed by atoms with Crippen LogP contribution in [-0.4, -0.2) is 14.5 Å². The Labute approximate surface area is 106 Å². The number of nitrogens with zero attached hydrogens (tertiary/aromatic N) is 3. The maximum absolute atomic E-state index is 6.04. The van der Waals surface area contributed by atoms with Crippen molar-refractivity contribution in [1.29, 1.82) is 0 Å². The van der Waals surface area contributed by atoms with Crippen LogP contribution in [0.3, 0.4) is 0 Å². The highest BCUT2D eigenvalue weighted by molar-refractivity contribution is 6.33. The van der Waals surface area contributed by atoms with E-state index in [-0.39, 0.29) is 0 Å². The predicted octanol–water partition coefficient (Wildman–Crippen LogP) is 3.12. The Hall–Kier alpha value is -1.55. The highest BCUT2D eigenvalue weighted by Crippen LogP contribution is 2.20. The molecular formula is C12H15ClN4. The number of imidazole rings is 1. The highest BCUT2D eigenvalue weighted by Gasteiger charge is 2.06. The van der Waals surface area contributed by atoms with E-state index in [0.717, 1.165) is 11.4 Å². The second kappa shape index (κ2) is 5.19. The van der Waals surface area contributed by atoms with E-state index in [1.807, 2.05) is 12.5 Å². The van der Waals surface area contributed by atoms with Crippen molar-refractivity contribution in [1.82, 2.24) is 14.5 Å². The summed E-state index contributed by atoms with van der Waals surface area (Å²) in [5, 5.41) is 3.93. The zero-order valence-corrected chi connectivity index (χ0v) is 10.6. The number of hydrogen-bond acceptors (Lipinski definition) is 3. The largest absolute Gasteiger partial charge is 0.377 e. The van der Waals surface area contributed by atoms with Gasteiger partial charge < -0.3 is 9.88 Å². The van der Waals surface area contributed by atoms with Crippen LogP contribution in [0.2, 0.25) is 5.02 Å². The average molecular weight is 251 g/mol. The first-order chi connectivity index (χ1) is 8.18. The molecule has 0 aliphatic carbocycles. The van der Waals surface area contributed by atoms with Crippen molar-refractivity contribution in [3.63, 3.8) is 0 Å². The third kappa shape index (κ3) is 2.77. The highest BCUT2D eigenvalue weighted by atomic mass is 35.5. The van der Waals surface area contributed by atoms with Gasteiger partial charge in [-0.15, -0.1) is 0 Å². The monoisotopic (exact) mass is 250 g/mol. The van der Waals surface area contributed by atoms with Gasteiger partial charge in [-0.2, -0.15) is 0 Å². The molecule has 0 atom stereocenters. The fourth-order valence-corrected chi connectivity index (χ4v) is 1.80. The Morgan fingerprint density at radius 3 is 2.88 bits per heavy atom. The Morgan fingerprint density at radius 1 is 1.35 bits per heavy atom. The lowest BCUT2D eigenvalue weighted by molar-refractivity contribution is 0.577. The molecule has 0 spiro atoms. The maximum atomic E-state index is 6.04. The quantitative estimate of drug-likeness (QED) is 0.907. The van der Waals surface area contributed by atoms with Crippen molar-refractivity contribution in [3.8, 4) is 0 Å². The Balaban J connectivity index is 2.08. The van der Waals surface area contributed by atoms with Crippen molar-refractivity contribution >= 4 is 17.3 Å². The molecule has 0 saturated carbocycles. The normalized spacial score (nSPS) is 10.8. The summed E-state index contributed by atoms with van der Waals surface area (Å²) >= 11 is 6.04. The summed E-state index contributed by atoms with van der Waals surface area (Å²) in [6.07, 6.45) is 7.09. The minimum Gasteiger partial charge on any atom is -0.377 e. The molecule has 0 unspecified atom stereocenters. The Morgan fingerprint density at radius 2 is 2.18 bits per heavy atom. The molecule has 2 aromatic heterocycles. The predicted molar refractivity (Wildman–Crippen MR) is 69.2 cm³/mol. The van der Waals surface area contributed by atoms with Gasteiger partial charge in [0.25, 0.3) is 0 Å². The third-order valence-electron chi connectivity index (χ3n) is 2.53. The van der Waals surface area contributed by atoms with Crippen molar-refractivity contribution in [2.75, 3.05) is 5.32 Å². The minimum absolute atomic E-state index is 0.402. The van der Waals surface area contributed by atoms with Gasteiger partial charge in [-0.3, -0.25) is 4.98 Å². The molecule has 0 radical (unpaired) electrons. The van der Waals surface area contributed by atoms with E-state index in [2.05, 4.69) is 33.7 Å². The molecule has 2 rings (SSSR count). The van der Waals surface area contributed by atoms with Gasteiger partial charge in [-0.05, 0) is 19.9 Å². The molecule has 0 bridgehead atoms. The molecular weight excluding hydrogens is 236 g/mol. The van der Waals surface area contributed by atoms with E-state index < -0.39 is 0 Å². The minimum atomic E-state index is 0.402. The second-order valence-electron chi connectivity index (χ2n) is 4.10. The Bertz CT molecular complexity index is 493. The molecule has 0 saturated heterocycles. The van der Waals surface area contributed by atoms with Gasteiger partial charge in [-0.1, -0.05) is 11.6 Å². The van der Waals surface area contributed by atoms with Crippen molar-refractivity contribution < 1.29 is 0 Å². The van der Waals surface area contributed by atoms with Crippen LogP contribution in [0.15, 0.2) is 31.0 Å². The number of anilines is 1. The lowest BCUT2D eigenvalue weighted by atomic mass is 10.3. The van der Waals surface area contributed by atoms with Crippen molar-refractivity contribution in [2.45, 2.75) is 26.4 Å². The van der Waals surface area contributed by atoms with E-state index in [1.54, 1.807) is 18.5 Å². The van der Waals surface area contributed by atoms with Gasteiger partial charge in [0.15, 0.2) is 0 Å². The van der Waals surface area contributed by atoms with E-state index >= 15 is 0 Å². The number of pyridine rings is 1. The summed E-state index contributed by atoms with van der Waals surface area (Å²) in [6.45, 7) is 4.94. The van der Waals surface area contributed by atoms with Crippen LogP contribution in [-0.2, 0) is 6.54 Å². The van der Waals surface area contributed by atoms with Crippen LogP contribution in [0.25, 0.3) is 0 Å². The summed E-state index contributed by atoms with van der Waals surface area (Å²) in [5.74, 6) is 0. The molecule has 17 heavy (non-hydrogen) atoms. The number of nitrogens with one attached hydrogen (secondary N) is 1. The third-order valence-corrected chi connectivity index (χ3v) is 2.86. The summed E-state index contributed by atoms with van der Waals surface area (Å²) < 4.78 is 2.12. The smallest absolute Gasteiger partial charge is 0.0951 e. The summed E-state index contributed by atoms with van der Waals surface area (Å²) in [4.78, 5) is 8.19. The van der Waals surface area contributed by atoms with Gasteiger partial charge in [-0.25, -0.2) is 4.98 Å². The van der Waals surface area contributed by atoms with E-state index in [4.69, 9.17) is 11.6 Å². The molecule has 0 aromatic carbocycles. The second-order valence-corrected chi connectivity index (χ2v) is 4.50. The van der Waals surface area contributed by atoms with Crippen LogP contribution in [0, 0.1) is 0 Å². The molecule has 0 amide bonds. The molecule has 0 fully saturated rings. The molecule has 90 valence electrons. The Kier molecular flexibility index (Phi) is 3.64. The van der Waals surface area contributed by atoms with E-state index in [1.165, 1.54) is 0 Å². The van der Waals surface area contributed by atoms with Crippen LogP contribution in [0.5, 0.6) is 0 Å². The number of hydrogen-bond donors (Lipinski definition) is 1. The standard InChI is InChI=1S/C12H15ClN4/c1-9(2)17-8-15-5-10(17)6-16-12-7-14-4-3-11(12)13/h3-5,7-9,16H,6H2,1-2H3. The van der Waals surface area contributed by atoms with Crippen LogP contribution in [0.1, 0.15) is 25.6 Å². The summed E-state index contributed by atoms with van der Waals surface area (Å²) in [6, 6.07) is 2.17. The van der Waals surface area contributed by atoms with Crippen molar-refractivity contribution in [2.24, 2.45) is 0 Å². The average Bonchev–Trinajstić information content (AvgIpc) is 2.76. The van der Waals surface area contributed by atoms with E-state index in [9.17, 15) is 0 Å². The van der Waals surface area contributed by atoms with Crippen molar-refractivity contribution in [3.05, 3.63) is 41.7 Å². The first-order valence-corrected chi connectivity index (χ1v) is 5.90. The van der Waals surface area contributed by atoms with Crippen LogP contribution < -0.4 is 5.32 Å². The molecule has 1 N–H and O–H groups in total. The zero-order valence-electron chi connectivity index (χ0n) is 9.89. The molecule has 4 nitrogen and oxygen atoms in total. The van der Waals surface area contributed by atoms with Crippen LogP contribution >= 0.6 is 11.6 Å². The zero-order chi connectivity index (χ0) is 12.3. The topological polar surface area (TPSA) is 42.7 Å². The lowest BCUT2D eigenvalue weighted by Gasteiger charge is -2.13. The lowest BCUT2D eigenvalue weighted by Crippen LogP contribution is -2.09. The van der Waals surface area contributed by atoms with Gasteiger partial charge in [0.05, 0.1) is 35.5 Å². The number of halogens is 1. The van der Waals surface area contributed by atoms with Gasteiger partial charge in [0.2, 0.25) is 0 Å². The maximum Gasteiger partial charge on any atom is 0.0951 e. The van der Waals surface area contributed by atoms with Gasteiger partial charge >= 0.3 is 0 Å². The van der Waals surface area contributed by atoms with E-state index in [0.29, 0.717) is 17.6 Å². The summed E-state index contributed by atoms with van der Waals surface area (Å²) in [7, 11) is 0. The van der Waals surface area contributed by atoms with Gasteiger partial charge in [0.1, 0.15) is 0 Å². The van der Waals surface area contributed by atoms with Crippen LogP contribution in [0.4, 0.5) is 5.69 Å². The first-order valence-electron chi connectivity index (χ1n) is 5.52. The number of rotatable bonds is 4. The number of aromatic nitrogens is 3.